The number of halogens is 3. The zero-order chi connectivity index (χ0) is 10.7. The van der Waals surface area contributed by atoms with E-state index in [1.165, 1.54) is 0 Å². The van der Waals surface area contributed by atoms with Gasteiger partial charge in [0.05, 0.1) is 12.2 Å². The van der Waals surface area contributed by atoms with Gasteiger partial charge in [-0.25, -0.2) is 13.8 Å². The average Bonchev–Trinajstić information content (AvgIpc) is 2.16. The zero-order valence-electron chi connectivity index (χ0n) is 6.84. The predicted octanol–water partition coefficient (Wildman–Crippen LogP) is 2.15. The van der Waals surface area contributed by atoms with Gasteiger partial charge in [0.25, 0.3) is 6.43 Å². The van der Waals surface area contributed by atoms with E-state index in [0.29, 0.717) is 0 Å². The van der Waals surface area contributed by atoms with E-state index >= 15 is 0 Å². The molecule has 0 amide bonds. The van der Waals surface area contributed by atoms with Crippen LogP contribution in [0, 0.1) is 11.3 Å². The maximum absolute atomic E-state index is 12.4. The molecule has 14 heavy (non-hydrogen) atoms. The lowest BCUT2D eigenvalue weighted by Gasteiger charge is -2.08. The van der Waals surface area contributed by atoms with E-state index in [-0.39, 0.29) is 15.7 Å². The Morgan fingerprint density at radius 2 is 2.29 bits per heavy atom. The number of rotatable bonds is 2. The molecule has 0 aliphatic rings. The molecule has 0 unspecified atom stereocenters. The van der Waals surface area contributed by atoms with Crippen LogP contribution in [0.15, 0.2) is 10.8 Å². The van der Waals surface area contributed by atoms with Crippen molar-refractivity contribution >= 4 is 15.9 Å². The van der Waals surface area contributed by atoms with Gasteiger partial charge < -0.3 is 5.11 Å². The minimum absolute atomic E-state index is 0.0506. The first-order valence-electron chi connectivity index (χ1n) is 3.58. The largest absolute Gasteiger partial charge is 0.392 e. The molecule has 1 aromatic heterocycles. The maximum Gasteiger partial charge on any atom is 0.265 e. The summed E-state index contributed by atoms with van der Waals surface area (Å²) in [5, 5.41) is 17.5. The molecule has 74 valence electrons. The highest BCUT2D eigenvalue weighted by atomic mass is 79.9. The normalized spacial score (nSPS) is 10.3. The lowest BCUT2D eigenvalue weighted by Crippen LogP contribution is -2.01. The number of aliphatic hydroxyl groups is 1. The van der Waals surface area contributed by atoms with Gasteiger partial charge in [-0.2, -0.15) is 5.26 Å². The van der Waals surface area contributed by atoms with Crippen molar-refractivity contribution in [1.29, 1.82) is 5.26 Å². The summed E-state index contributed by atoms with van der Waals surface area (Å²) in [7, 11) is 0. The van der Waals surface area contributed by atoms with Gasteiger partial charge in [0.2, 0.25) is 0 Å². The molecule has 3 nitrogen and oxygen atoms in total. The number of nitriles is 1. The molecule has 0 saturated heterocycles. The molecule has 0 aromatic carbocycles. The summed E-state index contributed by atoms with van der Waals surface area (Å²) < 4.78 is 24.9. The number of aliphatic hydroxyl groups excluding tert-OH is 1. The minimum Gasteiger partial charge on any atom is -0.392 e. The van der Waals surface area contributed by atoms with Gasteiger partial charge in [-0.15, -0.1) is 0 Å². The third-order valence-electron chi connectivity index (χ3n) is 1.68. The fourth-order valence-electron chi connectivity index (χ4n) is 1.01. The molecule has 1 heterocycles. The Hall–Kier alpha value is -1.06. The molecule has 6 heteroatoms. The van der Waals surface area contributed by atoms with Crippen molar-refractivity contribution in [3.63, 3.8) is 0 Å². The van der Waals surface area contributed by atoms with Crippen molar-refractivity contribution in [2.45, 2.75) is 13.0 Å². The fraction of sp³-hybridized carbons (Fsp3) is 0.250. The molecule has 0 atom stereocenters. The smallest absolute Gasteiger partial charge is 0.265 e. The number of nitrogens with zero attached hydrogens (tertiary/aromatic N) is 2. The molecule has 1 aromatic rings. The fourth-order valence-corrected chi connectivity index (χ4v) is 1.44. The lowest BCUT2D eigenvalue weighted by atomic mass is 10.1. The average molecular weight is 263 g/mol. The summed E-state index contributed by atoms with van der Waals surface area (Å²) in [5.74, 6) is 0. The molecular formula is C8H5BrF2N2O. The van der Waals surface area contributed by atoms with E-state index in [1.807, 2.05) is 0 Å². The second-order valence-corrected chi connectivity index (χ2v) is 3.18. The van der Waals surface area contributed by atoms with E-state index < -0.39 is 18.6 Å². The predicted molar refractivity (Wildman–Crippen MR) is 47.5 cm³/mol. The topological polar surface area (TPSA) is 56.9 Å². The van der Waals surface area contributed by atoms with Crippen LogP contribution in [0.3, 0.4) is 0 Å². The highest BCUT2D eigenvalue weighted by Gasteiger charge is 2.18. The van der Waals surface area contributed by atoms with Gasteiger partial charge in [-0.3, -0.25) is 0 Å². The van der Waals surface area contributed by atoms with Crippen molar-refractivity contribution in [2.75, 3.05) is 0 Å². The van der Waals surface area contributed by atoms with Crippen LogP contribution in [0.5, 0.6) is 0 Å². The lowest BCUT2D eigenvalue weighted by molar-refractivity contribution is 0.146. The molecule has 0 bridgehead atoms. The molecule has 1 rings (SSSR count). The number of hydrogen-bond acceptors (Lipinski definition) is 3. The summed E-state index contributed by atoms with van der Waals surface area (Å²) in [4.78, 5) is 3.58. The summed E-state index contributed by atoms with van der Waals surface area (Å²) in [6.45, 7) is -0.607. The Balaban J connectivity index is 3.42. The van der Waals surface area contributed by atoms with Crippen molar-refractivity contribution in [2.24, 2.45) is 0 Å². The highest BCUT2D eigenvalue weighted by Crippen LogP contribution is 2.27. The molecule has 0 radical (unpaired) electrons. The van der Waals surface area contributed by atoms with Crippen LogP contribution >= 0.6 is 15.9 Å². The molecule has 0 saturated carbocycles. The van der Waals surface area contributed by atoms with E-state index in [1.54, 1.807) is 6.07 Å². The standard InChI is InChI=1S/C8H5BrF2N2O/c9-7-4(1-12)6(3-14)5(2-13-7)8(10)11/h2,8,14H,3H2. The third-order valence-corrected chi connectivity index (χ3v) is 2.28. The third kappa shape index (κ3) is 1.89. The quantitative estimate of drug-likeness (QED) is 0.831. The van der Waals surface area contributed by atoms with Crippen LogP contribution in [0.2, 0.25) is 0 Å². The first-order valence-corrected chi connectivity index (χ1v) is 4.37. The summed E-state index contributed by atoms with van der Waals surface area (Å²) in [6.07, 6.45) is -1.80. The number of hydrogen-bond donors (Lipinski definition) is 1. The van der Waals surface area contributed by atoms with Crippen LogP contribution in [0.25, 0.3) is 0 Å². The van der Waals surface area contributed by atoms with Gasteiger partial charge in [0.15, 0.2) is 0 Å². The van der Waals surface area contributed by atoms with Crippen molar-refractivity contribution in [3.8, 4) is 6.07 Å². The number of alkyl halides is 2. The van der Waals surface area contributed by atoms with Gasteiger partial charge in [-0.1, -0.05) is 0 Å². The Bertz CT molecular complexity index is 390. The molecule has 0 aliphatic heterocycles. The SMILES string of the molecule is N#Cc1c(Br)ncc(C(F)F)c1CO. The van der Waals surface area contributed by atoms with Crippen LogP contribution in [-0.4, -0.2) is 10.1 Å². The second-order valence-electron chi connectivity index (χ2n) is 2.43. The van der Waals surface area contributed by atoms with E-state index in [0.717, 1.165) is 6.20 Å². The van der Waals surface area contributed by atoms with E-state index in [2.05, 4.69) is 20.9 Å². The Morgan fingerprint density at radius 1 is 1.64 bits per heavy atom. The second kappa shape index (κ2) is 4.44. The summed E-state index contributed by atoms with van der Waals surface area (Å²) in [5.41, 5.74) is -0.540. The van der Waals surface area contributed by atoms with Crippen molar-refractivity contribution < 1.29 is 13.9 Å². The molecule has 1 N–H and O–H groups in total. The first kappa shape index (κ1) is 11.0. The minimum atomic E-state index is -2.75. The van der Waals surface area contributed by atoms with Crippen molar-refractivity contribution in [1.82, 2.24) is 4.98 Å². The number of aromatic nitrogens is 1. The van der Waals surface area contributed by atoms with E-state index in [4.69, 9.17) is 10.4 Å². The zero-order valence-corrected chi connectivity index (χ0v) is 8.42. The van der Waals surface area contributed by atoms with E-state index in [9.17, 15) is 8.78 Å². The Morgan fingerprint density at radius 3 is 2.71 bits per heavy atom. The first-order chi connectivity index (χ1) is 6.61. The summed E-state index contributed by atoms with van der Waals surface area (Å²) in [6, 6.07) is 1.71. The monoisotopic (exact) mass is 262 g/mol. The van der Waals surface area contributed by atoms with Crippen molar-refractivity contribution in [3.05, 3.63) is 27.5 Å². The Kier molecular flexibility index (Phi) is 3.49. The molecule has 0 aliphatic carbocycles. The molecule has 0 fully saturated rings. The number of pyridine rings is 1. The van der Waals surface area contributed by atoms with Gasteiger partial charge in [-0.05, 0) is 15.9 Å². The van der Waals surface area contributed by atoms with Gasteiger partial charge in [0, 0.05) is 17.3 Å². The van der Waals surface area contributed by atoms with Crippen LogP contribution in [-0.2, 0) is 6.61 Å². The maximum atomic E-state index is 12.4. The molecular weight excluding hydrogens is 258 g/mol. The Labute approximate surface area is 87.1 Å². The van der Waals surface area contributed by atoms with Crippen LogP contribution < -0.4 is 0 Å². The van der Waals surface area contributed by atoms with Crippen LogP contribution in [0.4, 0.5) is 8.78 Å². The van der Waals surface area contributed by atoms with Crippen LogP contribution in [0.1, 0.15) is 23.1 Å². The summed E-state index contributed by atoms with van der Waals surface area (Å²) >= 11 is 2.94. The van der Waals surface area contributed by atoms with Gasteiger partial charge >= 0.3 is 0 Å². The highest BCUT2D eigenvalue weighted by molar-refractivity contribution is 9.10. The molecule has 0 spiro atoms. The van der Waals surface area contributed by atoms with Gasteiger partial charge in [0.1, 0.15) is 10.7 Å².